The molecule has 0 spiro atoms. The van der Waals surface area contributed by atoms with E-state index in [2.05, 4.69) is 4.98 Å². The van der Waals surface area contributed by atoms with Crippen LogP contribution in [0.1, 0.15) is 55.2 Å². The van der Waals surface area contributed by atoms with Crippen LogP contribution in [0.5, 0.6) is 11.5 Å². The van der Waals surface area contributed by atoms with Gasteiger partial charge in [-0.15, -0.1) is 0 Å². The number of nitrogens with two attached hydrogens (primary N) is 1. The fourth-order valence-electron chi connectivity index (χ4n) is 6.39. The first-order valence-electron chi connectivity index (χ1n) is 18.3. The van der Waals surface area contributed by atoms with E-state index in [9.17, 15) is 19.2 Å². The molecule has 15 heteroatoms. The van der Waals surface area contributed by atoms with Gasteiger partial charge in [-0.3, -0.25) is 28.8 Å². The molecule has 0 saturated carbocycles. The van der Waals surface area contributed by atoms with Gasteiger partial charge in [0.2, 0.25) is 5.91 Å². The maximum atomic E-state index is 13.3. The fraction of sp³-hybridized carbons (Fsp3) is 0.415. The Labute approximate surface area is 325 Å². The highest BCUT2D eigenvalue weighted by Crippen LogP contribution is 2.43. The standard InChI is InChI=1S/C41H50N4O11/c1-26(2)44(4)54-23-22-52-37-36(56-35(47)21-20-34(42)46)33(55-39(37)45-24-27(3)38(48)43-40(45)49)25-53-41(28-10-8-7-9-11-28,29-12-16-31(50-5)17-13-29)30-14-18-32(51-6)19-15-30/h7-19,24,26,33,36-37,39H,20-23,25H2,1-6H3,(H2,42,46)(H,43,48,49)/t33-,36-,37-,39-/m1/s1. The van der Waals surface area contributed by atoms with Crippen molar-refractivity contribution in [2.24, 2.45) is 5.73 Å². The number of esters is 1. The normalized spacial score (nSPS) is 18.3. The number of H-pyrrole nitrogens is 1. The Kier molecular flexibility index (Phi) is 14.2. The van der Waals surface area contributed by atoms with Crippen LogP contribution >= 0.6 is 0 Å². The molecule has 300 valence electrons. The molecule has 1 fully saturated rings. The molecule has 0 aliphatic carbocycles. The molecule has 15 nitrogen and oxygen atoms in total. The van der Waals surface area contributed by atoms with E-state index in [1.54, 1.807) is 33.3 Å². The predicted molar refractivity (Wildman–Crippen MR) is 205 cm³/mol. The van der Waals surface area contributed by atoms with Gasteiger partial charge in [-0.1, -0.05) is 54.6 Å². The Hall–Kier alpha value is -5.32. The number of aryl methyl sites for hydroxylation is 1. The van der Waals surface area contributed by atoms with Crippen molar-refractivity contribution in [2.75, 3.05) is 41.1 Å². The second kappa shape index (κ2) is 19.0. The first-order chi connectivity index (χ1) is 26.9. The first-order valence-corrected chi connectivity index (χ1v) is 18.3. The van der Waals surface area contributed by atoms with Crippen molar-refractivity contribution < 1.29 is 42.8 Å². The van der Waals surface area contributed by atoms with Gasteiger partial charge in [0.1, 0.15) is 29.3 Å². The van der Waals surface area contributed by atoms with Crippen LogP contribution in [0.3, 0.4) is 0 Å². The first kappa shape index (κ1) is 41.8. The summed E-state index contributed by atoms with van der Waals surface area (Å²) in [5.41, 5.74) is 5.25. The predicted octanol–water partition coefficient (Wildman–Crippen LogP) is 3.60. The number of aromatic amines is 1. The summed E-state index contributed by atoms with van der Waals surface area (Å²) in [6, 6.07) is 24.6. The minimum atomic E-state index is -1.28. The van der Waals surface area contributed by atoms with Gasteiger partial charge < -0.3 is 34.2 Å². The van der Waals surface area contributed by atoms with Crippen molar-refractivity contribution in [1.29, 1.82) is 0 Å². The van der Waals surface area contributed by atoms with Crippen LogP contribution in [-0.2, 0) is 39.0 Å². The largest absolute Gasteiger partial charge is 0.497 e. The molecule has 1 aliphatic heterocycles. The number of amides is 1. The van der Waals surface area contributed by atoms with Crippen molar-refractivity contribution >= 4 is 11.9 Å². The van der Waals surface area contributed by atoms with Gasteiger partial charge in [-0.05, 0) is 61.7 Å². The number of methoxy groups -OCH3 is 2. The topological polar surface area (TPSA) is 183 Å². The van der Waals surface area contributed by atoms with Crippen LogP contribution in [0.2, 0.25) is 0 Å². The third kappa shape index (κ3) is 9.72. The molecule has 56 heavy (non-hydrogen) atoms. The molecule has 1 amide bonds. The lowest BCUT2D eigenvalue weighted by molar-refractivity contribution is -0.183. The smallest absolute Gasteiger partial charge is 0.330 e. The third-order valence-corrected chi connectivity index (χ3v) is 9.60. The molecule has 1 aromatic heterocycles. The maximum Gasteiger partial charge on any atom is 0.330 e. The van der Waals surface area contributed by atoms with Gasteiger partial charge in [0.15, 0.2) is 12.3 Å². The van der Waals surface area contributed by atoms with E-state index >= 15 is 0 Å². The Morgan fingerprint density at radius 3 is 2.02 bits per heavy atom. The molecule has 1 saturated heterocycles. The quantitative estimate of drug-likeness (QED) is 0.0612. The zero-order chi connectivity index (χ0) is 40.4. The number of ether oxygens (including phenoxy) is 6. The molecule has 0 unspecified atom stereocenters. The molecule has 0 radical (unpaired) electrons. The van der Waals surface area contributed by atoms with Crippen molar-refractivity contribution in [3.63, 3.8) is 0 Å². The number of carbonyl (C=O) groups excluding carboxylic acids is 2. The van der Waals surface area contributed by atoms with E-state index in [-0.39, 0.29) is 44.3 Å². The molecular formula is C41H50N4O11. The van der Waals surface area contributed by atoms with E-state index in [0.29, 0.717) is 11.5 Å². The number of nitrogens with one attached hydrogen (secondary N) is 1. The highest BCUT2D eigenvalue weighted by molar-refractivity contribution is 5.80. The van der Waals surface area contributed by atoms with Crippen LogP contribution in [0, 0.1) is 6.92 Å². The Balaban J connectivity index is 1.61. The monoisotopic (exact) mass is 774 g/mol. The second-order valence-electron chi connectivity index (χ2n) is 13.6. The summed E-state index contributed by atoms with van der Waals surface area (Å²) in [6.07, 6.45) is -3.72. The second-order valence-corrected chi connectivity index (χ2v) is 13.6. The molecule has 4 aromatic rings. The van der Waals surface area contributed by atoms with Crippen LogP contribution in [0.4, 0.5) is 0 Å². The zero-order valence-corrected chi connectivity index (χ0v) is 32.5. The average molecular weight is 775 g/mol. The fourth-order valence-corrected chi connectivity index (χ4v) is 6.39. The van der Waals surface area contributed by atoms with Crippen LogP contribution in [0.25, 0.3) is 0 Å². The van der Waals surface area contributed by atoms with E-state index in [1.165, 1.54) is 10.8 Å². The maximum absolute atomic E-state index is 13.3. The number of nitrogens with zero attached hydrogens (tertiary/aromatic N) is 2. The minimum Gasteiger partial charge on any atom is -0.497 e. The molecule has 3 aromatic carbocycles. The van der Waals surface area contributed by atoms with Crippen molar-refractivity contribution in [3.8, 4) is 11.5 Å². The minimum absolute atomic E-state index is 0.00718. The summed E-state index contributed by atoms with van der Waals surface area (Å²) in [6.45, 7) is 5.40. The summed E-state index contributed by atoms with van der Waals surface area (Å²) in [4.78, 5) is 58.8. The van der Waals surface area contributed by atoms with Gasteiger partial charge in [0.05, 0.1) is 40.5 Å². The lowest BCUT2D eigenvalue weighted by atomic mass is 9.80. The highest BCUT2D eigenvalue weighted by Gasteiger charge is 2.51. The van der Waals surface area contributed by atoms with E-state index in [0.717, 1.165) is 16.7 Å². The third-order valence-electron chi connectivity index (χ3n) is 9.60. The number of aromatic nitrogens is 2. The van der Waals surface area contributed by atoms with E-state index in [4.69, 9.17) is 39.0 Å². The summed E-state index contributed by atoms with van der Waals surface area (Å²) < 4.78 is 38.3. The molecule has 3 N–H and O–H groups in total. The molecule has 0 bridgehead atoms. The lowest BCUT2D eigenvalue weighted by Crippen LogP contribution is -2.44. The van der Waals surface area contributed by atoms with Crippen LogP contribution in [-0.4, -0.2) is 91.9 Å². The van der Waals surface area contributed by atoms with Gasteiger partial charge in [0.25, 0.3) is 5.56 Å². The lowest BCUT2D eigenvalue weighted by Gasteiger charge is -2.37. The highest BCUT2D eigenvalue weighted by atomic mass is 16.7. The Morgan fingerprint density at radius 2 is 1.46 bits per heavy atom. The van der Waals surface area contributed by atoms with Crippen LogP contribution < -0.4 is 26.5 Å². The summed E-state index contributed by atoms with van der Waals surface area (Å²) in [5.74, 6) is -0.137. The van der Waals surface area contributed by atoms with Gasteiger partial charge in [-0.2, -0.15) is 5.06 Å². The average Bonchev–Trinajstić information content (AvgIpc) is 3.53. The molecule has 5 rings (SSSR count). The summed E-state index contributed by atoms with van der Waals surface area (Å²) in [5, 5.41) is 1.67. The Morgan fingerprint density at radius 1 is 0.875 bits per heavy atom. The number of rotatable bonds is 19. The molecular weight excluding hydrogens is 724 g/mol. The number of carbonyl (C=O) groups is 2. The summed E-state index contributed by atoms with van der Waals surface area (Å²) >= 11 is 0. The van der Waals surface area contributed by atoms with Crippen molar-refractivity contribution in [1.82, 2.24) is 14.6 Å². The molecule has 4 atom stereocenters. The van der Waals surface area contributed by atoms with Crippen LogP contribution in [0.15, 0.2) is 94.6 Å². The number of hydroxylamine groups is 2. The summed E-state index contributed by atoms with van der Waals surface area (Å²) in [7, 11) is 4.96. The van der Waals surface area contributed by atoms with Gasteiger partial charge >= 0.3 is 11.7 Å². The molecule has 1 aliphatic rings. The Bertz CT molecular complexity index is 1970. The SMILES string of the molecule is COc1ccc(C(OC[C@H]2O[C@@H](n3cc(C)c(=O)[nH]c3=O)[C@H](OCCON(C)C(C)C)[C@@H]2OC(=O)CCC(N)=O)(c2ccccc2)c2ccc(OC)cc2)cc1. The zero-order valence-electron chi connectivity index (χ0n) is 32.5. The number of hydrogen-bond donors (Lipinski definition) is 2. The van der Waals surface area contributed by atoms with Crippen molar-refractivity contribution in [2.45, 2.75) is 69.8 Å². The van der Waals surface area contributed by atoms with Crippen molar-refractivity contribution in [3.05, 3.63) is 128 Å². The van der Waals surface area contributed by atoms with E-state index in [1.807, 2.05) is 92.7 Å². The number of primary amides is 1. The number of benzene rings is 3. The van der Waals surface area contributed by atoms with E-state index < -0.39 is 53.3 Å². The number of hydrogen-bond acceptors (Lipinski definition) is 12. The molecule has 2 heterocycles. The van der Waals surface area contributed by atoms with Gasteiger partial charge in [-0.25, -0.2) is 4.79 Å². The van der Waals surface area contributed by atoms with Gasteiger partial charge in [0, 0.05) is 31.3 Å².